The molecule has 0 aromatic heterocycles. The van der Waals surface area contributed by atoms with Gasteiger partial charge in [-0.25, -0.2) is 9.18 Å². The summed E-state index contributed by atoms with van der Waals surface area (Å²) in [6.45, 7) is 13.9. The molecule has 1 heterocycles. The maximum atomic E-state index is 14.8. The van der Waals surface area contributed by atoms with Gasteiger partial charge < -0.3 is 9.47 Å². The number of hydrogen-bond donors (Lipinski definition) is 0. The fourth-order valence-corrected chi connectivity index (χ4v) is 3.37. The summed E-state index contributed by atoms with van der Waals surface area (Å²) in [5, 5.41) is 0. The molecule has 0 saturated heterocycles. The van der Waals surface area contributed by atoms with Crippen molar-refractivity contribution in [1.82, 2.24) is 0 Å². The number of hydrogen-bond acceptors (Lipinski definition) is 5. The van der Waals surface area contributed by atoms with Gasteiger partial charge in [-0.15, -0.1) is 0 Å². The number of allylic oxidation sites excluding steroid dienone is 1. The zero-order valence-corrected chi connectivity index (χ0v) is 18.4. The van der Waals surface area contributed by atoms with E-state index in [9.17, 15) is 14.0 Å². The van der Waals surface area contributed by atoms with Crippen LogP contribution in [0.3, 0.4) is 0 Å². The summed E-state index contributed by atoms with van der Waals surface area (Å²) in [4.78, 5) is 30.6. The Kier molecular flexibility index (Phi) is 6.36. The largest absolute Gasteiger partial charge is 0.459 e. The number of benzene rings is 1. The molecule has 0 saturated carbocycles. The van der Waals surface area contributed by atoms with Crippen LogP contribution < -0.4 is 0 Å². The third-order valence-electron chi connectivity index (χ3n) is 4.35. The molecule has 1 aromatic carbocycles. The molecule has 2 atom stereocenters. The summed E-state index contributed by atoms with van der Waals surface area (Å²) in [5.74, 6) is -3.50. The molecule has 2 unspecified atom stereocenters. The highest BCUT2D eigenvalue weighted by molar-refractivity contribution is 6.07. The number of esters is 2. The summed E-state index contributed by atoms with van der Waals surface area (Å²) in [6.07, 6.45) is 0. The van der Waals surface area contributed by atoms with E-state index in [-0.39, 0.29) is 11.1 Å². The molecular weight excluding hydrogens is 373 g/mol. The molecule has 1 aromatic rings. The van der Waals surface area contributed by atoms with Crippen molar-refractivity contribution in [3.8, 4) is 0 Å². The monoisotopic (exact) mass is 403 g/mol. The van der Waals surface area contributed by atoms with Crippen LogP contribution in [0.1, 0.15) is 66.9 Å². The Morgan fingerprint density at radius 1 is 0.966 bits per heavy atom. The van der Waals surface area contributed by atoms with Crippen molar-refractivity contribution < 1.29 is 23.5 Å². The van der Waals surface area contributed by atoms with Crippen molar-refractivity contribution >= 4 is 17.7 Å². The molecular formula is C23H30FNO4. The van der Waals surface area contributed by atoms with E-state index >= 15 is 0 Å². The summed E-state index contributed by atoms with van der Waals surface area (Å²) in [6, 6.07) is 6.13. The molecule has 0 bridgehead atoms. The average molecular weight is 403 g/mol. The van der Waals surface area contributed by atoms with Gasteiger partial charge >= 0.3 is 11.9 Å². The van der Waals surface area contributed by atoms with E-state index in [1.165, 1.54) is 6.07 Å². The van der Waals surface area contributed by atoms with Crippen molar-refractivity contribution in [2.45, 2.75) is 72.5 Å². The lowest BCUT2D eigenvalue weighted by atomic mass is 9.75. The highest BCUT2D eigenvalue weighted by atomic mass is 19.1. The van der Waals surface area contributed by atoms with Crippen LogP contribution in [0.15, 0.2) is 40.5 Å². The van der Waals surface area contributed by atoms with Gasteiger partial charge in [0.1, 0.15) is 22.9 Å². The van der Waals surface area contributed by atoms with E-state index in [1.807, 2.05) is 0 Å². The second-order valence-electron chi connectivity index (χ2n) is 9.26. The Labute approximate surface area is 172 Å². The summed E-state index contributed by atoms with van der Waals surface area (Å²) in [5.41, 5.74) is -0.201. The number of carbonyl (C=O) groups excluding carboxylic acids is 2. The van der Waals surface area contributed by atoms with Gasteiger partial charge in [0.2, 0.25) is 0 Å². The summed E-state index contributed by atoms with van der Waals surface area (Å²) >= 11 is 0. The van der Waals surface area contributed by atoms with Crippen LogP contribution in [-0.2, 0) is 19.1 Å². The van der Waals surface area contributed by atoms with E-state index in [4.69, 9.17) is 9.47 Å². The standard InChI is InChI=1S/C23H30FNO4/c1-13-17(20(26)28-22(3,4)5)19(15-11-9-10-12-16(15)24)18(14(2)25-13)21(27)29-23(6,7)8/h9-12,17,19H,1-8H3. The zero-order chi connectivity index (χ0) is 22.1. The van der Waals surface area contributed by atoms with Gasteiger partial charge in [-0.1, -0.05) is 18.2 Å². The molecule has 5 nitrogen and oxygen atoms in total. The van der Waals surface area contributed by atoms with Crippen LogP contribution in [0.4, 0.5) is 4.39 Å². The second kappa shape index (κ2) is 8.09. The van der Waals surface area contributed by atoms with Gasteiger partial charge in [-0.3, -0.25) is 9.79 Å². The lowest BCUT2D eigenvalue weighted by molar-refractivity contribution is -0.158. The first-order valence-corrected chi connectivity index (χ1v) is 9.68. The maximum Gasteiger partial charge on any atom is 0.337 e. The van der Waals surface area contributed by atoms with Crippen LogP contribution in [-0.4, -0.2) is 28.9 Å². The van der Waals surface area contributed by atoms with Gasteiger partial charge in [0, 0.05) is 17.3 Å². The molecule has 0 N–H and O–H groups in total. The molecule has 0 spiro atoms. The first-order valence-electron chi connectivity index (χ1n) is 9.68. The lowest BCUT2D eigenvalue weighted by Crippen LogP contribution is -2.40. The van der Waals surface area contributed by atoms with Crippen LogP contribution >= 0.6 is 0 Å². The smallest absolute Gasteiger partial charge is 0.337 e. The first-order chi connectivity index (χ1) is 13.2. The van der Waals surface area contributed by atoms with Gasteiger partial charge in [-0.05, 0) is 67.0 Å². The quantitative estimate of drug-likeness (QED) is 0.669. The third-order valence-corrected chi connectivity index (χ3v) is 4.35. The van der Waals surface area contributed by atoms with Crippen LogP contribution in [0.5, 0.6) is 0 Å². The van der Waals surface area contributed by atoms with Crippen molar-refractivity contribution in [3.05, 3.63) is 46.9 Å². The molecule has 0 fully saturated rings. The van der Waals surface area contributed by atoms with E-state index in [1.54, 1.807) is 73.6 Å². The fraction of sp³-hybridized carbons (Fsp3) is 0.522. The van der Waals surface area contributed by atoms with Crippen molar-refractivity contribution in [1.29, 1.82) is 0 Å². The van der Waals surface area contributed by atoms with Crippen LogP contribution in [0.25, 0.3) is 0 Å². The van der Waals surface area contributed by atoms with Crippen LogP contribution in [0.2, 0.25) is 0 Å². The lowest BCUT2D eigenvalue weighted by Gasteiger charge is -2.34. The molecule has 0 amide bonds. The van der Waals surface area contributed by atoms with Gasteiger partial charge in [-0.2, -0.15) is 0 Å². The molecule has 0 radical (unpaired) electrons. The highest BCUT2D eigenvalue weighted by Crippen LogP contribution is 2.41. The van der Waals surface area contributed by atoms with Crippen molar-refractivity contribution in [2.75, 3.05) is 0 Å². The van der Waals surface area contributed by atoms with Crippen LogP contribution in [0, 0.1) is 11.7 Å². The molecule has 158 valence electrons. The van der Waals surface area contributed by atoms with Gasteiger partial charge in [0.05, 0.1) is 5.57 Å². The second-order valence-corrected chi connectivity index (χ2v) is 9.26. The minimum atomic E-state index is -0.933. The minimum absolute atomic E-state index is 0.173. The Morgan fingerprint density at radius 3 is 2.03 bits per heavy atom. The van der Waals surface area contributed by atoms with Gasteiger partial charge in [0.15, 0.2) is 0 Å². The number of carbonyl (C=O) groups is 2. The average Bonchev–Trinajstić information content (AvgIpc) is 2.50. The van der Waals surface area contributed by atoms with E-state index in [0.29, 0.717) is 11.4 Å². The summed E-state index contributed by atoms with van der Waals surface area (Å²) < 4.78 is 26.0. The predicted octanol–water partition coefficient (Wildman–Crippen LogP) is 4.96. The van der Waals surface area contributed by atoms with E-state index < -0.39 is 40.8 Å². The molecule has 1 aliphatic rings. The topological polar surface area (TPSA) is 65.0 Å². The highest BCUT2D eigenvalue weighted by Gasteiger charge is 2.44. The minimum Gasteiger partial charge on any atom is -0.459 e. The predicted molar refractivity (Wildman–Crippen MR) is 110 cm³/mol. The van der Waals surface area contributed by atoms with E-state index in [2.05, 4.69) is 4.99 Å². The normalized spacial score (nSPS) is 20.2. The molecule has 0 aliphatic carbocycles. The molecule has 2 rings (SSSR count). The number of rotatable bonds is 3. The SMILES string of the molecule is CC1=NC(C)=C(C(=O)OC(C)(C)C)C(c2ccccc2F)C1C(=O)OC(C)(C)C. The number of nitrogens with zero attached hydrogens (tertiary/aromatic N) is 1. The first kappa shape index (κ1) is 22.8. The Bertz CT molecular complexity index is 872. The zero-order valence-electron chi connectivity index (χ0n) is 18.4. The Hall–Kier alpha value is -2.50. The number of aliphatic imine (C=N–C) groups is 1. The van der Waals surface area contributed by atoms with Crippen molar-refractivity contribution in [3.63, 3.8) is 0 Å². The maximum absolute atomic E-state index is 14.8. The molecule has 1 aliphatic heterocycles. The number of ether oxygens (including phenoxy) is 2. The third kappa shape index (κ3) is 5.52. The Morgan fingerprint density at radius 2 is 1.52 bits per heavy atom. The fourth-order valence-electron chi connectivity index (χ4n) is 3.37. The van der Waals surface area contributed by atoms with Gasteiger partial charge in [0.25, 0.3) is 0 Å². The molecule has 29 heavy (non-hydrogen) atoms. The van der Waals surface area contributed by atoms with E-state index in [0.717, 1.165) is 0 Å². The number of halogens is 1. The molecule has 6 heteroatoms. The summed E-state index contributed by atoms with van der Waals surface area (Å²) in [7, 11) is 0. The Balaban J connectivity index is 2.66. The van der Waals surface area contributed by atoms with Crippen molar-refractivity contribution in [2.24, 2.45) is 10.9 Å².